The maximum absolute atomic E-state index is 6.21. The van der Waals surface area contributed by atoms with Crippen LogP contribution in [0.1, 0.15) is 22.3 Å². The highest BCUT2D eigenvalue weighted by Crippen LogP contribution is 2.29. The van der Waals surface area contributed by atoms with Gasteiger partial charge >= 0.3 is 0 Å². The summed E-state index contributed by atoms with van der Waals surface area (Å²) in [5, 5.41) is 2.31. The van der Waals surface area contributed by atoms with Crippen LogP contribution in [0.25, 0.3) is 10.8 Å². The van der Waals surface area contributed by atoms with E-state index in [9.17, 15) is 0 Å². The van der Waals surface area contributed by atoms with Gasteiger partial charge in [-0.05, 0) is 65.6 Å². The van der Waals surface area contributed by atoms with Gasteiger partial charge in [0.2, 0.25) is 0 Å². The van der Waals surface area contributed by atoms with E-state index in [0.717, 1.165) is 38.0 Å². The quantitative estimate of drug-likeness (QED) is 0.291. The molecule has 29 heavy (non-hydrogen) atoms. The van der Waals surface area contributed by atoms with Crippen LogP contribution in [0.5, 0.6) is 5.75 Å². The van der Waals surface area contributed by atoms with Crippen molar-refractivity contribution in [3.63, 3.8) is 0 Å². The van der Waals surface area contributed by atoms with Gasteiger partial charge < -0.3 is 4.74 Å². The van der Waals surface area contributed by atoms with Crippen LogP contribution in [-0.2, 0) is 6.61 Å². The van der Waals surface area contributed by atoms with Crippen molar-refractivity contribution in [3.8, 4) is 5.75 Å². The largest absolute Gasteiger partial charge is 0.488 e. The van der Waals surface area contributed by atoms with Crippen molar-refractivity contribution < 1.29 is 4.74 Å². The zero-order valence-electron chi connectivity index (χ0n) is 16.5. The topological polar surface area (TPSA) is 21.6 Å². The number of aryl methyl sites for hydroxylation is 2. The Morgan fingerprint density at radius 1 is 0.897 bits per heavy atom. The van der Waals surface area contributed by atoms with Crippen LogP contribution in [0.15, 0.2) is 88.3 Å². The van der Waals surface area contributed by atoms with Crippen molar-refractivity contribution in [2.45, 2.75) is 20.5 Å². The monoisotopic (exact) mass is 443 g/mol. The molecule has 0 heterocycles. The van der Waals surface area contributed by atoms with Crippen LogP contribution < -0.4 is 4.74 Å². The first kappa shape index (κ1) is 19.4. The van der Waals surface area contributed by atoms with Gasteiger partial charge in [-0.15, -0.1) is 0 Å². The summed E-state index contributed by atoms with van der Waals surface area (Å²) in [6.45, 7) is 4.68. The summed E-state index contributed by atoms with van der Waals surface area (Å²) in [5.74, 6) is 0.834. The summed E-state index contributed by atoms with van der Waals surface area (Å²) in [6.07, 6.45) is 1.93. The molecule has 144 valence electrons. The number of rotatable bonds is 5. The molecule has 3 heteroatoms. The Morgan fingerprint density at radius 3 is 2.52 bits per heavy atom. The lowest BCUT2D eigenvalue weighted by Gasteiger charge is -2.12. The van der Waals surface area contributed by atoms with E-state index in [1.165, 1.54) is 10.9 Å². The molecule has 0 aliphatic carbocycles. The third kappa shape index (κ3) is 4.57. The Labute approximate surface area is 180 Å². The minimum atomic E-state index is 0.510. The van der Waals surface area contributed by atoms with E-state index >= 15 is 0 Å². The lowest BCUT2D eigenvalue weighted by atomic mass is 10.0. The number of fused-ring (bicyclic) bond motifs is 1. The number of halogens is 1. The van der Waals surface area contributed by atoms with Gasteiger partial charge in [-0.1, -0.05) is 70.5 Å². The highest BCUT2D eigenvalue weighted by atomic mass is 79.9. The van der Waals surface area contributed by atoms with Crippen LogP contribution in [-0.4, -0.2) is 6.21 Å². The van der Waals surface area contributed by atoms with Crippen molar-refractivity contribution in [2.75, 3.05) is 0 Å². The predicted molar refractivity (Wildman–Crippen MR) is 126 cm³/mol. The minimum Gasteiger partial charge on any atom is -0.488 e. The van der Waals surface area contributed by atoms with Gasteiger partial charge in [0.1, 0.15) is 12.4 Å². The number of aliphatic imine (C=N–C) groups is 1. The molecule has 0 radical (unpaired) electrons. The van der Waals surface area contributed by atoms with E-state index in [2.05, 4.69) is 90.4 Å². The maximum atomic E-state index is 6.21. The Balaban J connectivity index is 1.71. The van der Waals surface area contributed by atoms with E-state index in [4.69, 9.17) is 9.73 Å². The Kier molecular flexibility index (Phi) is 5.77. The summed E-state index contributed by atoms with van der Waals surface area (Å²) < 4.78 is 7.27. The fourth-order valence-corrected chi connectivity index (χ4v) is 3.53. The Morgan fingerprint density at radius 2 is 1.69 bits per heavy atom. The normalized spacial score (nSPS) is 11.3. The number of hydrogen-bond acceptors (Lipinski definition) is 2. The van der Waals surface area contributed by atoms with Crippen molar-refractivity contribution in [1.29, 1.82) is 0 Å². The SMILES string of the molecule is Cc1ccc(C)c(N=Cc2c(OCc3ccc(Br)cc3)ccc3ccccc23)c1. The third-order valence-electron chi connectivity index (χ3n) is 4.94. The first-order chi connectivity index (χ1) is 14.1. The van der Waals surface area contributed by atoms with Gasteiger partial charge in [0.05, 0.1) is 5.69 Å². The maximum Gasteiger partial charge on any atom is 0.129 e. The number of nitrogens with zero attached hydrogens (tertiary/aromatic N) is 1. The van der Waals surface area contributed by atoms with Gasteiger partial charge in [-0.2, -0.15) is 0 Å². The standard InChI is InChI=1S/C26H22BrNO/c1-18-7-8-19(2)25(15-18)28-16-24-23-6-4-3-5-21(23)11-14-26(24)29-17-20-9-12-22(27)13-10-20/h3-16H,17H2,1-2H3. The molecule has 0 aliphatic heterocycles. The molecule has 0 amide bonds. The van der Waals surface area contributed by atoms with Gasteiger partial charge in [-0.3, -0.25) is 4.99 Å². The first-order valence-corrected chi connectivity index (χ1v) is 10.4. The molecule has 2 nitrogen and oxygen atoms in total. The average molecular weight is 444 g/mol. The van der Waals surface area contributed by atoms with Crippen LogP contribution in [0.2, 0.25) is 0 Å². The summed E-state index contributed by atoms with van der Waals surface area (Å²) in [7, 11) is 0. The van der Waals surface area contributed by atoms with E-state index < -0.39 is 0 Å². The Bertz CT molecular complexity index is 1180. The van der Waals surface area contributed by atoms with Crippen molar-refractivity contribution >= 4 is 38.6 Å². The molecule has 4 aromatic carbocycles. The molecule has 0 N–H and O–H groups in total. The molecule has 0 aromatic heterocycles. The minimum absolute atomic E-state index is 0.510. The van der Waals surface area contributed by atoms with E-state index in [1.54, 1.807) is 0 Å². The molecule has 0 spiro atoms. The Hall–Kier alpha value is -2.91. The smallest absolute Gasteiger partial charge is 0.129 e. The third-order valence-corrected chi connectivity index (χ3v) is 5.46. The molecule has 4 rings (SSSR count). The molecule has 0 aliphatic rings. The summed E-state index contributed by atoms with van der Waals surface area (Å²) in [5.41, 5.74) is 5.47. The highest BCUT2D eigenvalue weighted by Gasteiger charge is 2.08. The number of hydrogen-bond donors (Lipinski definition) is 0. The van der Waals surface area contributed by atoms with Crippen molar-refractivity contribution in [3.05, 3.63) is 106 Å². The average Bonchev–Trinajstić information content (AvgIpc) is 2.74. The predicted octanol–water partition coefficient (Wildman–Crippen LogP) is 7.55. The lowest BCUT2D eigenvalue weighted by Crippen LogP contribution is -1.99. The fourth-order valence-electron chi connectivity index (χ4n) is 3.27. The molecule has 0 fully saturated rings. The molecule has 0 saturated heterocycles. The fraction of sp³-hybridized carbons (Fsp3) is 0.115. The van der Waals surface area contributed by atoms with E-state index in [-0.39, 0.29) is 0 Å². The van der Waals surface area contributed by atoms with Gasteiger partial charge in [0.15, 0.2) is 0 Å². The van der Waals surface area contributed by atoms with Crippen LogP contribution in [0.3, 0.4) is 0 Å². The molecular weight excluding hydrogens is 422 g/mol. The van der Waals surface area contributed by atoms with E-state index in [1.807, 2.05) is 24.4 Å². The van der Waals surface area contributed by atoms with E-state index in [0.29, 0.717) is 6.61 Å². The summed E-state index contributed by atoms with van der Waals surface area (Å²) in [6, 6.07) is 27.0. The van der Waals surface area contributed by atoms with Gasteiger partial charge in [0, 0.05) is 16.3 Å². The molecule has 0 saturated carbocycles. The summed E-state index contributed by atoms with van der Waals surface area (Å²) >= 11 is 3.48. The molecule has 0 atom stereocenters. The van der Waals surface area contributed by atoms with Crippen LogP contribution in [0.4, 0.5) is 5.69 Å². The number of benzene rings is 4. The molecular formula is C26H22BrNO. The molecule has 0 bridgehead atoms. The molecule has 0 unspecified atom stereocenters. The number of ether oxygens (including phenoxy) is 1. The zero-order valence-corrected chi connectivity index (χ0v) is 18.1. The summed E-state index contributed by atoms with van der Waals surface area (Å²) in [4.78, 5) is 4.80. The first-order valence-electron chi connectivity index (χ1n) is 9.60. The van der Waals surface area contributed by atoms with Crippen molar-refractivity contribution in [2.24, 2.45) is 4.99 Å². The van der Waals surface area contributed by atoms with Crippen LogP contribution >= 0.6 is 15.9 Å². The van der Waals surface area contributed by atoms with Crippen molar-refractivity contribution in [1.82, 2.24) is 0 Å². The van der Waals surface area contributed by atoms with Crippen LogP contribution in [0, 0.1) is 13.8 Å². The zero-order chi connectivity index (χ0) is 20.2. The lowest BCUT2D eigenvalue weighted by molar-refractivity contribution is 0.306. The highest BCUT2D eigenvalue weighted by molar-refractivity contribution is 9.10. The second-order valence-corrected chi connectivity index (χ2v) is 8.08. The molecule has 4 aromatic rings. The second-order valence-electron chi connectivity index (χ2n) is 7.16. The second kappa shape index (κ2) is 8.62. The van der Waals surface area contributed by atoms with Gasteiger partial charge in [0.25, 0.3) is 0 Å². The van der Waals surface area contributed by atoms with Gasteiger partial charge in [-0.25, -0.2) is 0 Å².